The Morgan fingerprint density at radius 3 is 2.54 bits per heavy atom. The molecule has 0 amide bonds. The van der Waals surface area contributed by atoms with E-state index in [9.17, 15) is 9.90 Å². The first kappa shape index (κ1) is 18.9. The molecule has 1 fully saturated rings. The lowest BCUT2D eigenvalue weighted by molar-refractivity contribution is 0.0836. The van der Waals surface area contributed by atoms with Crippen LogP contribution in [0.4, 0.5) is 0 Å². The predicted octanol–water partition coefficient (Wildman–Crippen LogP) is 3.94. The number of aromatic hydroxyl groups is 1. The highest BCUT2D eigenvalue weighted by Crippen LogP contribution is 2.32. The van der Waals surface area contributed by atoms with Crippen LogP contribution in [0.15, 0.2) is 23.0 Å². The van der Waals surface area contributed by atoms with E-state index >= 15 is 0 Å². The minimum Gasteiger partial charge on any atom is -0.508 e. The Balaban J connectivity index is 2.13. The van der Waals surface area contributed by atoms with Crippen LogP contribution in [0.3, 0.4) is 0 Å². The normalized spacial score (nSPS) is 22.6. The Hall–Kier alpha value is -1.88. The minimum atomic E-state index is -0.0531. The first-order valence-corrected chi connectivity index (χ1v) is 9.92. The SMILES string of the molecule is CCCC(c1nc2ccc(O)cc2c(=O)n1CC)N1C[C@H](C)C[C@H](C)C1. The van der Waals surface area contributed by atoms with Gasteiger partial charge in [-0.25, -0.2) is 4.98 Å². The van der Waals surface area contributed by atoms with Gasteiger partial charge in [-0.05, 0) is 49.8 Å². The second-order valence-corrected chi connectivity index (χ2v) is 7.93. The first-order valence-electron chi connectivity index (χ1n) is 9.92. The van der Waals surface area contributed by atoms with E-state index in [0.717, 1.165) is 31.8 Å². The largest absolute Gasteiger partial charge is 0.508 e. The number of phenols is 1. The molecule has 2 heterocycles. The van der Waals surface area contributed by atoms with Gasteiger partial charge in [-0.1, -0.05) is 27.2 Å². The molecule has 1 saturated heterocycles. The van der Waals surface area contributed by atoms with Gasteiger partial charge in [0, 0.05) is 19.6 Å². The van der Waals surface area contributed by atoms with Crippen molar-refractivity contribution < 1.29 is 5.11 Å². The number of hydrogen-bond donors (Lipinski definition) is 1. The number of likely N-dealkylation sites (tertiary alicyclic amines) is 1. The highest BCUT2D eigenvalue weighted by atomic mass is 16.3. The number of fused-ring (bicyclic) bond motifs is 1. The van der Waals surface area contributed by atoms with Crippen molar-refractivity contribution in [3.8, 4) is 5.75 Å². The molecular formula is C21H31N3O2. The van der Waals surface area contributed by atoms with E-state index < -0.39 is 0 Å². The van der Waals surface area contributed by atoms with E-state index in [1.165, 1.54) is 12.5 Å². The van der Waals surface area contributed by atoms with Gasteiger partial charge in [-0.15, -0.1) is 0 Å². The van der Waals surface area contributed by atoms with E-state index in [4.69, 9.17) is 4.98 Å². The van der Waals surface area contributed by atoms with Gasteiger partial charge < -0.3 is 5.11 Å². The lowest BCUT2D eigenvalue weighted by Gasteiger charge is -2.40. The molecule has 142 valence electrons. The average Bonchev–Trinajstić information content (AvgIpc) is 2.59. The molecule has 2 aromatic rings. The molecule has 26 heavy (non-hydrogen) atoms. The molecule has 1 aromatic carbocycles. The molecule has 0 aliphatic carbocycles. The maximum absolute atomic E-state index is 13.0. The molecule has 0 radical (unpaired) electrons. The van der Waals surface area contributed by atoms with Crippen LogP contribution in [-0.4, -0.2) is 32.6 Å². The quantitative estimate of drug-likeness (QED) is 0.880. The van der Waals surface area contributed by atoms with Crippen molar-refractivity contribution in [1.29, 1.82) is 0 Å². The monoisotopic (exact) mass is 357 g/mol. The number of aromatic nitrogens is 2. The number of phenolic OH excluding ortho intramolecular Hbond substituents is 1. The summed E-state index contributed by atoms with van der Waals surface area (Å²) in [6.45, 7) is 11.5. The summed E-state index contributed by atoms with van der Waals surface area (Å²) in [6, 6.07) is 5.05. The van der Waals surface area contributed by atoms with E-state index in [1.54, 1.807) is 16.7 Å². The molecule has 3 atom stereocenters. The number of piperidine rings is 1. The standard InChI is InChI=1S/C21H31N3O2/c1-5-7-19(23-12-14(3)10-15(4)13-23)20-22-18-9-8-16(25)11-17(18)21(26)24(20)6-2/h8-9,11,14-15,19,25H,5-7,10,12-13H2,1-4H3/t14-,15+,19?. The van der Waals surface area contributed by atoms with Crippen molar-refractivity contribution in [3.63, 3.8) is 0 Å². The average molecular weight is 357 g/mol. The maximum Gasteiger partial charge on any atom is 0.261 e. The van der Waals surface area contributed by atoms with Gasteiger partial charge in [0.25, 0.3) is 5.56 Å². The smallest absolute Gasteiger partial charge is 0.261 e. The molecule has 1 unspecified atom stereocenters. The van der Waals surface area contributed by atoms with Gasteiger partial charge in [0.2, 0.25) is 0 Å². The van der Waals surface area contributed by atoms with Crippen molar-refractivity contribution in [1.82, 2.24) is 14.5 Å². The van der Waals surface area contributed by atoms with Gasteiger partial charge in [0.15, 0.2) is 0 Å². The summed E-state index contributed by atoms with van der Waals surface area (Å²) < 4.78 is 1.80. The van der Waals surface area contributed by atoms with Crippen molar-refractivity contribution >= 4 is 10.9 Å². The topological polar surface area (TPSA) is 58.4 Å². The van der Waals surface area contributed by atoms with E-state index in [-0.39, 0.29) is 17.4 Å². The van der Waals surface area contributed by atoms with Crippen molar-refractivity contribution in [3.05, 3.63) is 34.4 Å². The summed E-state index contributed by atoms with van der Waals surface area (Å²) in [5.41, 5.74) is 0.620. The number of hydrogen-bond acceptors (Lipinski definition) is 4. The molecule has 5 nitrogen and oxygen atoms in total. The zero-order valence-corrected chi connectivity index (χ0v) is 16.4. The molecule has 1 aliphatic heterocycles. The van der Waals surface area contributed by atoms with Gasteiger partial charge in [-0.2, -0.15) is 0 Å². The number of benzene rings is 1. The fourth-order valence-corrected chi connectivity index (χ4v) is 4.50. The summed E-state index contributed by atoms with van der Waals surface area (Å²) in [5.74, 6) is 2.31. The molecule has 1 aromatic heterocycles. The van der Waals surface area contributed by atoms with E-state index in [2.05, 4.69) is 25.7 Å². The van der Waals surface area contributed by atoms with Gasteiger partial charge in [0.05, 0.1) is 16.9 Å². The Labute approximate surface area is 155 Å². The molecular weight excluding hydrogens is 326 g/mol. The summed E-state index contributed by atoms with van der Waals surface area (Å²) in [6.07, 6.45) is 3.31. The third kappa shape index (κ3) is 3.63. The van der Waals surface area contributed by atoms with Crippen molar-refractivity contribution in [2.45, 2.75) is 59.5 Å². The number of nitrogens with zero attached hydrogens (tertiary/aromatic N) is 3. The Kier molecular flexibility index (Phi) is 5.66. The second kappa shape index (κ2) is 7.78. The lowest BCUT2D eigenvalue weighted by atomic mass is 9.90. The molecule has 1 N–H and O–H groups in total. The fraction of sp³-hybridized carbons (Fsp3) is 0.619. The van der Waals surface area contributed by atoms with Crippen molar-refractivity contribution in [2.24, 2.45) is 11.8 Å². The molecule has 0 saturated carbocycles. The fourth-order valence-electron chi connectivity index (χ4n) is 4.50. The Bertz CT molecular complexity index is 820. The van der Waals surface area contributed by atoms with E-state index in [1.807, 2.05) is 6.92 Å². The third-order valence-electron chi connectivity index (χ3n) is 5.48. The summed E-state index contributed by atoms with van der Waals surface area (Å²) in [5, 5.41) is 10.3. The summed E-state index contributed by atoms with van der Waals surface area (Å²) in [4.78, 5) is 20.5. The van der Waals surface area contributed by atoms with E-state index in [0.29, 0.717) is 29.3 Å². The predicted molar refractivity (Wildman–Crippen MR) is 106 cm³/mol. The van der Waals surface area contributed by atoms with Crippen LogP contribution in [0.2, 0.25) is 0 Å². The Morgan fingerprint density at radius 2 is 1.92 bits per heavy atom. The lowest BCUT2D eigenvalue weighted by Crippen LogP contribution is -2.43. The molecule has 0 bridgehead atoms. The minimum absolute atomic E-state index is 0.0531. The molecule has 3 rings (SSSR count). The maximum atomic E-state index is 13.0. The van der Waals surface area contributed by atoms with Crippen molar-refractivity contribution in [2.75, 3.05) is 13.1 Å². The first-order chi connectivity index (χ1) is 12.4. The third-order valence-corrected chi connectivity index (χ3v) is 5.48. The van der Waals surface area contributed by atoms with Gasteiger partial charge in [0.1, 0.15) is 11.6 Å². The highest BCUT2D eigenvalue weighted by molar-refractivity contribution is 5.79. The molecule has 1 aliphatic rings. The van der Waals surface area contributed by atoms with Gasteiger partial charge in [-0.3, -0.25) is 14.3 Å². The highest BCUT2D eigenvalue weighted by Gasteiger charge is 2.30. The van der Waals surface area contributed by atoms with Crippen LogP contribution in [0, 0.1) is 11.8 Å². The summed E-state index contributed by atoms with van der Waals surface area (Å²) >= 11 is 0. The number of rotatable bonds is 5. The van der Waals surface area contributed by atoms with Crippen LogP contribution < -0.4 is 5.56 Å². The van der Waals surface area contributed by atoms with Crippen LogP contribution in [0.1, 0.15) is 58.8 Å². The van der Waals surface area contributed by atoms with Crippen LogP contribution >= 0.6 is 0 Å². The van der Waals surface area contributed by atoms with Crippen LogP contribution in [0.5, 0.6) is 5.75 Å². The zero-order chi connectivity index (χ0) is 18.8. The van der Waals surface area contributed by atoms with Crippen LogP contribution in [0.25, 0.3) is 10.9 Å². The Morgan fingerprint density at radius 1 is 1.23 bits per heavy atom. The molecule has 5 heteroatoms. The zero-order valence-electron chi connectivity index (χ0n) is 16.4. The summed E-state index contributed by atoms with van der Waals surface area (Å²) in [7, 11) is 0. The molecule has 0 spiro atoms. The second-order valence-electron chi connectivity index (χ2n) is 7.93. The van der Waals surface area contributed by atoms with Crippen LogP contribution in [-0.2, 0) is 6.54 Å². The van der Waals surface area contributed by atoms with Gasteiger partial charge >= 0.3 is 0 Å².